The lowest BCUT2D eigenvalue weighted by atomic mass is 10.5. The molecule has 0 saturated carbocycles. The van der Waals surface area contributed by atoms with Gasteiger partial charge >= 0.3 is 0 Å². The molecule has 0 aromatic rings. The molecule has 0 spiro atoms. The van der Waals surface area contributed by atoms with Crippen molar-refractivity contribution in [1.82, 2.24) is 0 Å². The van der Waals surface area contributed by atoms with Gasteiger partial charge in [-0.3, -0.25) is 0 Å². The molecule has 1 unspecified atom stereocenters. The molecule has 0 rings (SSSR count). The van der Waals surface area contributed by atoms with Gasteiger partial charge in [0.25, 0.3) is 0 Å². The first-order chi connectivity index (χ1) is 4.04. The number of hydrogen-bond donors (Lipinski definition) is 0. The van der Waals surface area contributed by atoms with E-state index in [0.29, 0.717) is 0 Å². The first kappa shape index (κ1) is 11.1. The highest BCUT2D eigenvalue weighted by Gasteiger charge is 2.30. The maximum atomic E-state index is 12.0. The second-order valence-corrected chi connectivity index (χ2v) is 8.16. The predicted octanol–water partition coefficient (Wildman–Crippen LogP) is 2.93. The van der Waals surface area contributed by atoms with E-state index >= 15 is 0 Å². The van der Waals surface area contributed by atoms with Gasteiger partial charge in [0.1, 0.15) is 6.67 Å². The Morgan fingerprint density at radius 3 is 2.22 bits per heavy atom. The van der Waals surface area contributed by atoms with Crippen LogP contribution in [-0.4, -0.2) is 19.3 Å². The number of ether oxygens (including phenoxy) is 1. The van der Waals surface area contributed by atoms with Gasteiger partial charge in [-0.2, -0.15) is 0 Å². The minimum Gasteiger partial charge on any atom is -0.357 e. The van der Waals surface area contributed by atoms with Crippen molar-refractivity contribution in [2.75, 3.05) is 13.8 Å². The molecule has 5 heteroatoms. The Bertz CT molecular complexity index is 87.9. The summed E-state index contributed by atoms with van der Waals surface area (Å²) in [5.74, 6) is 0. The average Bonchev–Trinajstić information content (AvgIpc) is 1.86. The molecule has 0 fully saturated rings. The predicted molar refractivity (Wildman–Crippen MR) is 61.6 cm³/mol. The molecule has 56 valence electrons. The second kappa shape index (κ2) is 4.86. The highest BCUT2D eigenvalue weighted by atomic mass is 127. The third-order valence-electron chi connectivity index (χ3n) is 0.772. The third kappa shape index (κ3) is 3.85. The fourth-order valence-electron chi connectivity index (χ4n) is 0.218. The summed E-state index contributed by atoms with van der Waals surface area (Å²) in [7, 11) is 1.58. The van der Waals surface area contributed by atoms with E-state index in [-0.39, 0.29) is 10.6 Å². The lowest BCUT2D eigenvalue weighted by Crippen LogP contribution is -2.27. The first-order valence-electron chi connectivity index (χ1n) is 2.17. The molecule has 0 amide bonds. The van der Waals surface area contributed by atoms with Crippen molar-refractivity contribution in [1.29, 1.82) is 0 Å². The summed E-state index contributed by atoms with van der Waals surface area (Å²) in [5, 5.41) is 0. The molecular weight excluding hydrogens is 464 g/mol. The van der Waals surface area contributed by atoms with Crippen molar-refractivity contribution in [3.05, 3.63) is 0 Å². The van der Waals surface area contributed by atoms with Gasteiger partial charge in [0, 0.05) is 7.11 Å². The maximum Gasteiger partial charge on any atom is 0.183 e. The van der Waals surface area contributed by atoms with E-state index in [1.54, 1.807) is 7.11 Å². The second-order valence-electron chi connectivity index (χ2n) is 1.39. The zero-order valence-electron chi connectivity index (χ0n) is 4.70. The van der Waals surface area contributed by atoms with Crippen molar-refractivity contribution in [2.24, 2.45) is 0 Å². The van der Waals surface area contributed by atoms with Crippen LogP contribution in [0.4, 0.5) is 4.39 Å². The Balaban J connectivity index is 3.80. The smallest absolute Gasteiger partial charge is 0.183 e. The molecule has 0 aromatic carbocycles. The van der Waals surface area contributed by atoms with E-state index in [9.17, 15) is 4.39 Å². The van der Waals surface area contributed by atoms with E-state index in [0.717, 1.165) is 0 Å². The monoisotopic (exact) mass is 470 g/mol. The van der Waals surface area contributed by atoms with Crippen LogP contribution in [0.25, 0.3) is 0 Å². The fourth-order valence-corrected chi connectivity index (χ4v) is 0.805. The van der Waals surface area contributed by atoms with Crippen molar-refractivity contribution < 1.29 is 9.13 Å². The minimum absolute atomic E-state index is 0.0821. The van der Waals surface area contributed by atoms with Crippen LogP contribution in [0.2, 0.25) is 0 Å². The summed E-state index contributed by atoms with van der Waals surface area (Å²) in [6, 6.07) is 0. The summed E-state index contributed by atoms with van der Waals surface area (Å²) in [6.07, 6.45) is 0. The highest BCUT2D eigenvalue weighted by Crippen LogP contribution is 2.36. The zero-order chi connectivity index (χ0) is 7.49. The first-order valence-corrected chi connectivity index (χ1v) is 5.58. The Morgan fingerprint density at radius 2 is 2.11 bits per heavy atom. The van der Waals surface area contributed by atoms with Crippen molar-refractivity contribution in [2.45, 2.75) is 5.54 Å². The fraction of sp³-hybridized carbons (Fsp3) is 1.00. The molecule has 0 aliphatic heterocycles. The molecule has 0 N–H and O–H groups in total. The molecular formula is C4H6FI3O. The normalized spacial score (nSPS) is 15.7. The van der Waals surface area contributed by atoms with Crippen LogP contribution in [0.5, 0.6) is 0 Å². The lowest BCUT2D eigenvalue weighted by Gasteiger charge is -2.22. The summed E-state index contributed by atoms with van der Waals surface area (Å²) >= 11 is 6.20. The molecule has 0 radical (unpaired) electrons. The van der Waals surface area contributed by atoms with Gasteiger partial charge in [0.2, 0.25) is 0 Å². The van der Waals surface area contributed by atoms with Crippen LogP contribution < -0.4 is 0 Å². The standard InChI is InChI=1S/C4H6FI3O/c1-9-4(7,8)3(6)2-5/h3H,2H2,1H3. The molecule has 0 aromatic heterocycles. The van der Waals surface area contributed by atoms with E-state index in [2.05, 4.69) is 45.2 Å². The largest absolute Gasteiger partial charge is 0.357 e. The van der Waals surface area contributed by atoms with Gasteiger partial charge in [-0.05, 0) is 45.2 Å². The van der Waals surface area contributed by atoms with E-state index in [1.807, 2.05) is 22.6 Å². The summed E-state index contributed by atoms with van der Waals surface area (Å²) < 4.78 is 16.5. The van der Waals surface area contributed by atoms with E-state index < -0.39 is 1.61 Å². The number of alkyl halides is 4. The van der Waals surface area contributed by atoms with E-state index in [4.69, 9.17) is 4.74 Å². The third-order valence-corrected chi connectivity index (χ3v) is 6.75. The van der Waals surface area contributed by atoms with Crippen LogP contribution in [-0.2, 0) is 4.74 Å². The molecule has 0 bridgehead atoms. The van der Waals surface area contributed by atoms with Gasteiger partial charge in [-0.1, -0.05) is 22.6 Å². The Labute approximate surface area is 94.9 Å². The van der Waals surface area contributed by atoms with E-state index in [1.165, 1.54) is 0 Å². The number of rotatable bonds is 3. The van der Waals surface area contributed by atoms with Crippen LogP contribution in [0.3, 0.4) is 0 Å². The van der Waals surface area contributed by atoms with Crippen LogP contribution in [0.1, 0.15) is 0 Å². The van der Waals surface area contributed by atoms with Gasteiger partial charge in [-0.15, -0.1) is 0 Å². The van der Waals surface area contributed by atoms with Gasteiger partial charge in [0.15, 0.2) is 1.61 Å². The molecule has 1 nitrogen and oxygen atoms in total. The van der Waals surface area contributed by atoms with Gasteiger partial charge in [0.05, 0.1) is 3.92 Å². The van der Waals surface area contributed by atoms with Crippen molar-refractivity contribution >= 4 is 67.8 Å². The van der Waals surface area contributed by atoms with Crippen molar-refractivity contribution in [3.8, 4) is 0 Å². The van der Waals surface area contributed by atoms with Gasteiger partial charge in [-0.25, -0.2) is 4.39 Å². The SMILES string of the molecule is COC(I)(I)C(I)CF. The topological polar surface area (TPSA) is 9.23 Å². The molecule has 1 atom stereocenters. The zero-order valence-corrected chi connectivity index (χ0v) is 11.2. The average molecular weight is 470 g/mol. The molecule has 0 aliphatic carbocycles. The Kier molecular flexibility index (Phi) is 5.98. The molecule has 0 aliphatic rings. The number of hydrogen-bond acceptors (Lipinski definition) is 1. The summed E-state index contributed by atoms with van der Waals surface area (Å²) in [4.78, 5) is 0. The number of halogens is 4. The van der Waals surface area contributed by atoms with Crippen LogP contribution in [0, 0.1) is 0 Å². The highest BCUT2D eigenvalue weighted by molar-refractivity contribution is 14.2. The molecule has 9 heavy (non-hydrogen) atoms. The molecule has 0 heterocycles. The quantitative estimate of drug-likeness (QED) is 0.456. The van der Waals surface area contributed by atoms with Crippen LogP contribution >= 0.6 is 67.8 Å². The Hall–Kier alpha value is 2.08. The van der Waals surface area contributed by atoms with Gasteiger partial charge < -0.3 is 4.74 Å². The summed E-state index contributed by atoms with van der Waals surface area (Å²) in [6.45, 7) is -0.347. The Morgan fingerprint density at radius 1 is 1.67 bits per heavy atom. The minimum atomic E-state index is -0.398. The number of methoxy groups -OCH3 is 1. The van der Waals surface area contributed by atoms with Crippen LogP contribution in [0.15, 0.2) is 0 Å². The molecule has 0 saturated heterocycles. The maximum absolute atomic E-state index is 12.0. The van der Waals surface area contributed by atoms with Crippen molar-refractivity contribution in [3.63, 3.8) is 0 Å². The summed E-state index contributed by atoms with van der Waals surface area (Å²) in [5.41, 5.74) is 0. The lowest BCUT2D eigenvalue weighted by molar-refractivity contribution is 0.166.